The minimum absolute atomic E-state index is 0.0345. The summed E-state index contributed by atoms with van der Waals surface area (Å²) in [7, 11) is 3.78. The number of aliphatic hydroxyl groups is 1. The van der Waals surface area contributed by atoms with E-state index in [-0.39, 0.29) is 11.3 Å². The zero-order chi connectivity index (χ0) is 21.1. The van der Waals surface area contributed by atoms with Crippen LogP contribution in [0.25, 0.3) is 5.76 Å². The van der Waals surface area contributed by atoms with Crippen molar-refractivity contribution in [3.8, 4) is 5.75 Å². The number of carbonyl (C=O) groups is 2. The van der Waals surface area contributed by atoms with E-state index in [1.807, 2.05) is 25.9 Å². The number of likely N-dealkylation sites (tertiary alicyclic amines) is 1. The molecule has 7 nitrogen and oxygen atoms in total. The average Bonchev–Trinajstić information content (AvgIpc) is 3.22. The number of hydrogen-bond acceptors (Lipinski definition) is 6. The Kier molecular flexibility index (Phi) is 6.08. The standard InChI is InChI=1S/C22H26N2O5/c1-5-28-16-9-7-15(8-10-16)20(25)18-19(17-11-6-14(2)29-17)24(13-12-23(3)4)22(27)21(18)26/h6-11,19,25H,5,12-13H2,1-4H3/b20-18-. The normalized spacial score (nSPS) is 18.7. The van der Waals surface area contributed by atoms with Gasteiger partial charge in [-0.2, -0.15) is 0 Å². The van der Waals surface area contributed by atoms with Crippen molar-refractivity contribution in [3.63, 3.8) is 0 Å². The summed E-state index contributed by atoms with van der Waals surface area (Å²) in [6.07, 6.45) is 0. The zero-order valence-electron chi connectivity index (χ0n) is 17.1. The first-order valence-electron chi connectivity index (χ1n) is 9.56. The van der Waals surface area contributed by atoms with E-state index in [9.17, 15) is 14.7 Å². The molecule has 1 amide bonds. The van der Waals surface area contributed by atoms with E-state index in [4.69, 9.17) is 9.15 Å². The maximum absolute atomic E-state index is 12.8. The van der Waals surface area contributed by atoms with E-state index in [1.54, 1.807) is 43.3 Å². The van der Waals surface area contributed by atoms with Crippen LogP contribution in [0, 0.1) is 6.92 Å². The molecule has 1 aliphatic rings. The number of aryl methyl sites for hydroxylation is 1. The predicted molar refractivity (Wildman–Crippen MR) is 109 cm³/mol. The first kappa shape index (κ1) is 20.7. The number of aliphatic hydroxyl groups excluding tert-OH is 1. The average molecular weight is 398 g/mol. The summed E-state index contributed by atoms with van der Waals surface area (Å²) >= 11 is 0. The Morgan fingerprint density at radius 1 is 1.17 bits per heavy atom. The molecule has 0 spiro atoms. The fraction of sp³-hybridized carbons (Fsp3) is 0.364. The number of Topliss-reactive ketones (excluding diaryl/α,β-unsaturated/α-hetero) is 1. The molecule has 1 atom stereocenters. The molecule has 7 heteroatoms. The molecule has 1 N–H and O–H groups in total. The van der Waals surface area contributed by atoms with Crippen LogP contribution in [0.3, 0.4) is 0 Å². The Morgan fingerprint density at radius 2 is 1.86 bits per heavy atom. The number of benzene rings is 1. The van der Waals surface area contributed by atoms with Crippen LogP contribution in [0.15, 0.2) is 46.4 Å². The second-order valence-electron chi connectivity index (χ2n) is 7.20. The zero-order valence-corrected chi connectivity index (χ0v) is 17.1. The highest BCUT2D eigenvalue weighted by Crippen LogP contribution is 2.40. The quantitative estimate of drug-likeness (QED) is 0.439. The summed E-state index contributed by atoms with van der Waals surface area (Å²) in [6.45, 7) is 5.12. The molecular formula is C22H26N2O5. The molecule has 1 saturated heterocycles. The van der Waals surface area contributed by atoms with E-state index in [0.29, 0.717) is 42.5 Å². The van der Waals surface area contributed by atoms with E-state index in [2.05, 4.69) is 0 Å². The van der Waals surface area contributed by atoms with Gasteiger partial charge in [-0.15, -0.1) is 0 Å². The molecule has 1 aliphatic heterocycles. The Balaban J connectivity index is 2.06. The number of nitrogens with zero attached hydrogens (tertiary/aromatic N) is 2. The minimum atomic E-state index is -0.768. The van der Waals surface area contributed by atoms with Crippen molar-refractivity contribution in [2.45, 2.75) is 19.9 Å². The fourth-order valence-electron chi connectivity index (χ4n) is 3.35. The van der Waals surface area contributed by atoms with Crippen LogP contribution in [0.4, 0.5) is 0 Å². The predicted octanol–water partition coefficient (Wildman–Crippen LogP) is 2.97. The molecule has 1 unspecified atom stereocenters. The first-order valence-corrected chi connectivity index (χ1v) is 9.56. The summed E-state index contributed by atoms with van der Waals surface area (Å²) in [5.74, 6) is 0.200. The number of furan rings is 1. The lowest BCUT2D eigenvalue weighted by atomic mass is 9.99. The molecule has 2 aromatic rings. The molecular weight excluding hydrogens is 372 g/mol. The van der Waals surface area contributed by atoms with Crippen molar-refractivity contribution in [3.05, 3.63) is 59.1 Å². The van der Waals surface area contributed by atoms with Crippen molar-refractivity contribution in [2.75, 3.05) is 33.8 Å². The van der Waals surface area contributed by atoms with Crippen molar-refractivity contribution >= 4 is 17.4 Å². The molecule has 3 rings (SSSR count). The van der Waals surface area contributed by atoms with Crippen molar-refractivity contribution in [2.24, 2.45) is 0 Å². The van der Waals surface area contributed by atoms with E-state index in [1.165, 1.54) is 4.90 Å². The SMILES string of the molecule is CCOc1ccc(/C(O)=C2/C(=O)C(=O)N(CCN(C)C)C2c2ccc(C)o2)cc1. The molecule has 1 aromatic heterocycles. The third-order valence-corrected chi connectivity index (χ3v) is 4.80. The maximum Gasteiger partial charge on any atom is 0.295 e. The fourth-order valence-corrected chi connectivity index (χ4v) is 3.35. The molecule has 0 radical (unpaired) electrons. The lowest BCUT2D eigenvalue weighted by Crippen LogP contribution is -2.35. The van der Waals surface area contributed by atoms with Crippen LogP contribution in [0.2, 0.25) is 0 Å². The molecule has 154 valence electrons. The van der Waals surface area contributed by atoms with E-state index < -0.39 is 17.7 Å². The first-order chi connectivity index (χ1) is 13.8. The topological polar surface area (TPSA) is 83.2 Å². The Morgan fingerprint density at radius 3 is 2.41 bits per heavy atom. The van der Waals surface area contributed by atoms with Gasteiger partial charge in [-0.05, 0) is 64.3 Å². The van der Waals surface area contributed by atoms with Gasteiger partial charge >= 0.3 is 0 Å². The highest BCUT2D eigenvalue weighted by atomic mass is 16.5. The van der Waals surface area contributed by atoms with Gasteiger partial charge in [0.05, 0.1) is 12.2 Å². The highest BCUT2D eigenvalue weighted by Gasteiger charge is 2.47. The van der Waals surface area contributed by atoms with Crippen LogP contribution in [0.5, 0.6) is 5.75 Å². The van der Waals surface area contributed by atoms with E-state index in [0.717, 1.165) is 0 Å². The number of carbonyl (C=O) groups excluding carboxylic acids is 2. The van der Waals surface area contributed by atoms with Gasteiger partial charge < -0.3 is 24.1 Å². The van der Waals surface area contributed by atoms with Gasteiger partial charge in [0, 0.05) is 18.7 Å². The van der Waals surface area contributed by atoms with Gasteiger partial charge in [0.25, 0.3) is 11.7 Å². The smallest absolute Gasteiger partial charge is 0.295 e. The van der Waals surface area contributed by atoms with Crippen molar-refractivity contribution in [1.82, 2.24) is 9.80 Å². The van der Waals surface area contributed by atoms with Crippen molar-refractivity contribution < 1.29 is 23.8 Å². The van der Waals surface area contributed by atoms with Crippen LogP contribution in [-0.2, 0) is 9.59 Å². The summed E-state index contributed by atoms with van der Waals surface area (Å²) in [5.41, 5.74) is 0.472. The van der Waals surface area contributed by atoms with Crippen LogP contribution in [-0.4, -0.2) is 60.4 Å². The third-order valence-electron chi connectivity index (χ3n) is 4.80. The Labute approximate surface area is 170 Å². The summed E-state index contributed by atoms with van der Waals surface area (Å²) in [5, 5.41) is 10.9. The second kappa shape index (κ2) is 8.53. The largest absolute Gasteiger partial charge is 0.507 e. The number of likely N-dealkylation sites (N-methyl/N-ethyl adjacent to an activating group) is 1. The van der Waals surface area contributed by atoms with Gasteiger partial charge in [0.2, 0.25) is 0 Å². The Bertz CT molecular complexity index is 927. The lowest BCUT2D eigenvalue weighted by molar-refractivity contribution is -0.140. The van der Waals surface area contributed by atoms with Crippen LogP contribution in [0.1, 0.15) is 30.0 Å². The van der Waals surface area contributed by atoms with E-state index >= 15 is 0 Å². The number of ether oxygens (including phenoxy) is 1. The second-order valence-corrected chi connectivity index (χ2v) is 7.20. The Hall–Kier alpha value is -3.06. The number of ketones is 1. The summed E-state index contributed by atoms with van der Waals surface area (Å²) in [4.78, 5) is 29.0. The maximum atomic E-state index is 12.8. The molecule has 2 heterocycles. The molecule has 0 bridgehead atoms. The summed E-state index contributed by atoms with van der Waals surface area (Å²) in [6, 6.07) is 9.50. The van der Waals surface area contributed by atoms with Gasteiger partial charge in [-0.25, -0.2) is 0 Å². The van der Waals surface area contributed by atoms with Crippen LogP contribution < -0.4 is 4.74 Å². The van der Waals surface area contributed by atoms with Gasteiger partial charge in [-0.1, -0.05) is 0 Å². The van der Waals surface area contributed by atoms with Crippen LogP contribution >= 0.6 is 0 Å². The minimum Gasteiger partial charge on any atom is -0.507 e. The molecule has 0 aliphatic carbocycles. The number of amides is 1. The molecule has 29 heavy (non-hydrogen) atoms. The lowest BCUT2D eigenvalue weighted by Gasteiger charge is -2.24. The number of hydrogen-bond donors (Lipinski definition) is 1. The van der Waals surface area contributed by atoms with Crippen molar-refractivity contribution in [1.29, 1.82) is 0 Å². The molecule has 1 fully saturated rings. The summed E-state index contributed by atoms with van der Waals surface area (Å²) < 4.78 is 11.2. The molecule has 0 saturated carbocycles. The van der Waals surface area contributed by atoms with Gasteiger partial charge in [-0.3, -0.25) is 9.59 Å². The monoisotopic (exact) mass is 398 g/mol. The number of rotatable bonds is 7. The highest BCUT2D eigenvalue weighted by molar-refractivity contribution is 6.46. The molecule has 1 aromatic carbocycles. The van der Waals surface area contributed by atoms with Gasteiger partial charge in [0.15, 0.2) is 0 Å². The van der Waals surface area contributed by atoms with Gasteiger partial charge in [0.1, 0.15) is 29.1 Å². The third kappa shape index (κ3) is 4.19.